The topological polar surface area (TPSA) is 73.2 Å². The van der Waals surface area contributed by atoms with Gasteiger partial charge >= 0.3 is 0 Å². The van der Waals surface area contributed by atoms with Crippen molar-refractivity contribution in [1.29, 1.82) is 0 Å². The van der Waals surface area contributed by atoms with Crippen molar-refractivity contribution in [2.24, 2.45) is 0 Å². The number of rotatable bonds is 5. The van der Waals surface area contributed by atoms with Gasteiger partial charge in [-0.2, -0.15) is 0 Å². The molecule has 0 aliphatic rings. The summed E-state index contributed by atoms with van der Waals surface area (Å²) in [5.41, 5.74) is 7.51. The summed E-state index contributed by atoms with van der Waals surface area (Å²) in [7, 11) is 0. The Balaban J connectivity index is 1.94. The summed E-state index contributed by atoms with van der Waals surface area (Å²) in [6.07, 6.45) is 0. The highest BCUT2D eigenvalue weighted by atomic mass is 16.5. The van der Waals surface area contributed by atoms with Crippen LogP contribution >= 0.6 is 0 Å². The van der Waals surface area contributed by atoms with E-state index in [-0.39, 0.29) is 17.2 Å². The monoisotopic (exact) mass is 469 g/mol. The smallest absolute Gasteiger partial charge is 0.136 e. The maximum absolute atomic E-state index is 10.6. The van der Waals surface area contributed by atoms with Gasteiger partial charge in [-0.3, -0.25) is 0 Å². The van der Waals surface area contributed by atoms with Crippen molar-refractivity contribution >= 4 is 17.1 Å². The summed E-state index contributed by atoms with van der Waals surface area (Å²) < 4.78 is 6.27. The summed E-state index contributed by atoms with van der Waals surface area (Å²) in [6.45, 7) is 11.5. The maximum Gasteiger partial charge on any atom is 0.136 e. The third-order valence-corrected chi connectivity index (χ3v) is 6.53. The Morgan fingerprint density at radius 1 is 0.571 bits per heavy atom. The Bertz CT molecular complexity index is 1370. The molecule has 3 N–H and O–H groups in total. The second kappa shape index (κ2) is 9.26. The zero-order chi connectivity index (χ0) is 25.4. The van der Waals surface area contributed by atoms with Crippen LogP contribution in [0.15, 0.2) is 60.7 Å². The number of anilines is 3. The maximum atomic E-state index is 10.6. The fraction of sp³-hybridized carbons (Fsp3) is 0.200. The van der Waals surface area contributed by atoms with E-state index in [1.54, 1.807) is 18.2 Å². The number of benzene rings is 4. The van der Waals surface area contributed by atoms with Gasteiger partial charge in [-0.25, -0.2) is 0 Å². The van der Waals surface area contributed by atoms with E-state index in [1.807, 2.05) is 84.0 Å². The molecule has 0 aromatic heterocycles. The van der Waals surface area contributed by atoms with Crippen LogP contribution in [0.5, 0.6) is 28.7 Å². The highest BCUT2D eigenvalue weighted by molar-refractivity contribution is 5.85. The van der Waals surface area contributed by atoms with Crippen molar-refractivity contribution < 1.29 is 20.1 Å². The van der Waals surface area contributed by atoms with E-state index in [1.165, 1.54) is 0 Å². The van der Waals surface area contributed by atoms with Crippen LogP contribution in [-0.4, -0.2) is 15.3 Å². The molecule has 5 nitrogen and oxygen atoms in total. The lowest BCUT2D eigenvalue weighted by Crippen LogP contribution is -2.15. The third-order valence-electron chi connectivity index (χ3n) is 6.53. The number of nitrogens with zero attached hydrogens (tertiary/aromatic N) is 1. The first-order valence-corrected chi connectivity index (χ1v) is 11.6. The fourth-order valence-corrected chi connectivity index (χ4v) is 4.49. The van der Waals surface area contributed by atoms with Crippen molar-refractivity contribution in [2.75, 3.05) is 4.90 Å². The minimum absolute atomic E-state index is 0.181. The molecule has 0 aliphatic carbocycles. The molecule has 0 unspecified atom stereocenters. The van der Waals surface area contributed by atoms with E-state index in [9.17, 15) is 15.3 Å². The molecule has 0 saturated heterocycles. The lowest BCUT2D eigenvalue weighted by atomic mass is 10.0. The molecule has 180 valence electrons. The Hall–Kier alpha value is -4.12. The predicted octanol–water partition coefficient (Wildman–Crippen LogP) is 7.92. The van der Waals surface area contributed by atoms with Crippen molar-refractivity contribution in [3.63, 3.8) is 0 Å². The van der Waals surface area contributed by atoms with Crippen LogP contribution in [0, 0.1) is 41.5 Å². The molecule has 0 aliphatic heterocycles. The molecule has 4 aromatic rings. The summed E-state index contributed by atoms with van der Waals surface area (Å²) in [5, 5.41) is 31.3. The molecule has 0 fully saturated rings. The SMILES string of the molecule is Cc1ccc(O)c(C)c1Oc1cccc(N(c2c(C)ccc(O)c2C)c2c(C)ccc(O)c2C)c1. The molecule has 4 aromatic carbocycles. The standard InChI is InChI=1S/C30H31NO4/c1-17-10-13-25(32)20(4)28(17)31(29-18(2)11-14-26(33)21(29)5)23-8-7-9-24(16-23)35-30-19(3)12-15-27(34)22(30)6/h7-16,32-34H,1-6H3. The van der Waals surface area contributed by atoms with Gasteiger partial charge in [0.15, 0.2) is 0 Å². The molecule has 0 amide bonds. The van der Waals surface area contributed by atoms with E-state index < -0.39 is 0 Å². The highest BCUT2D eigenvalue weighted by Gasteiger charge is 2.23. The molecular weight excluding hydrogens is 438 g/mol. The quantitative estimate of drug-likeness (QED) is 0.277. The van der Waals surface area contributed by atoms with Crippen LogP contribution < -0.4 is 9.64 Å². The summed E-state index contributed by atoms with van der Waals surface area (Å²) in [5.74, 6) is 1.80. The Morgan fingerprint density at radius 2 is 1.06 bits per heavy atom. The van der Waals surface area contributed by atoms with Crippen LogP contribution in [-0.2, 0) is 0 Å². The number of phenols is 3. The van der Waals surface area contributed by atoms with Gasteiger partial charge in [0.1, 0.15) is 28.7 Å². The highest BCUT2D eigenvalue weighted by Crippen LogP contribution is 2.46. The van der Waals surface area contributed by atoms with Crippen LogP contribution in [0.1, 0.15) is 33.4 Å². The average molecular weight is 470 g/mol. The third kappa shape index (κ3) is 4.37. The number of ether oxygens (including phenoxy) is 1. The van der Waals surface area contributed by atoms with Gasteiger partial charge in [0.05, 0.1) is 11.4 Å². The molecule has 0 heterocycles. The van der Waals surface area contributed by atoms with E-state index in [0.717, 1.165) is 44.9 Å². The van der Waals surface area contributed by atoms with Crippen LogP contribution in [0.25, 0.3) is 0 Å². The zero-order valence-electron chi connectivity index (χ0n) is 21.0. The van der Waals surface area contributed by atoms with Crippen molar-refractivity contribution in [2.45, 2.75) is 41.5 Å². The van der Waals surface area contributed by atoms with Crippen LogP contribution in [0.3, 0.4) is 0 Å². The lowest BCUT2D eigenvalue weighted by molar-refractivity contribution is 0.446. The van der Waals surface area contributed by atoms with Crippen LogP contribution in [0.2, 0.25) is 0 Å². The Kier molecular flexibility index (Phi) is 6.35. The molecular formula is C30H31NO4. The van der Waals surface area contributed by atoms with Crippen molar-refractivity contribution in [3.05, 3.63) is 94.0 Å². The van der Waals surface area contributed by atoms with Crippen molar-refractivity contribution in [1.82, 2.24) is 0 Å². The van der Waals surface area contributed by atoms with Gasteiger partial charge in [0.25, 0.3) is 0 Å². The van der Waals surface area contributed by atoms with Crippen molar-refractivity contribution in [3.8, 4) is 28.7 Å². The second-order valence-corrected chi connectivity index (χ2v) is 9.04. The van der Waals surface area contributed by atoms with Gasteiger partial charge in [0, 0.05) is 28.4 Å². The van der Waals surface area contributed by atoms with Gasteiger partial charge < -0.3 is 25.0 Å². The second-order valence-electron chi connectivity index (χ2n) is 9.04. The number of hydrogen-bond acceptors (Lipinski definition) is 5. The van der Waals surface area contributed by atoms with E-state index in [4.69, 9.17) is 4.74 Å². The minimum atomic E-state index is 0.181. The van der Waals surface area contributed by atoms with E-state index >= 15 is 0 Å². The summed E-state index contributed by atoms with van der Waals surface area (Å²) in [4.78, 5) is 2.06. The number of aromatic hydroxyl groups is 3. The molecule has 35 heavy (non-hydrogen) atoms. The molecule has 0 saturated carbocycles. The number of phenolic OH excluding ortho intramolecular Hbond substituents is 3. The zero-order valence-corrected chi connectivity index (χ0v) is 21.0. The minimum Gasteiger partial charge on any atom is -0.508 e. The molecule has 0 radical (unpaired) electrons. The Labute approximate surface area is 206 Å². The predicted molar refractivity (Wildman–Crippen MR) is 141 cm³/mol. The van der Waals surface area contributed by atoms with E-state index in [0.29, 0.717) is 17.1 Å². The van der Waals surface area contributed by atoms with Gasteiger partial charge in [-0.1, -0.05) is 24.3 Å². The van der Waals surface area contributed by atoms with Gasteiger partial charge in [-0.15, -0.1) is 0 Å². The molecule has 0 bridgehead atoms. The van der Waals surface area contributed by atoms with Gasteiger partial charge in [0.2, 0.25) is 0 Å². The first-order valence-electron chi connectivity index (χ1n) is 11.6. The number of hydrogen-bond donors (Lipinski definition) is 3. The Morgan fingerprint density at radius 3 is 1.60 bits per heavy atom. The summed E-state index contributed by atoms with van der Waals surface area (Å²) in [6, 6.07) is 18.3. The first-order chi connectivity index (χ1) is 16.6. The van der Waals surface area contributed by atoms with E-state index in [2.05, 4.69) is 4.90 Å². The lowest BCUT2D eigenvalue weighted by Gasteiger charge is -2.32. The molecule has 0 atom stereocenters. The summed E-state index contributed by atoms with van der Waals surface area (Å²) >= 11 is 0. The normalized spacial score (nSPS) is 10.9. The largest absolute Gasteiger partial charge is 0.508 e. The number of aryl methyl sites for hydroxylation is 3. The van der Waals surface area contributed by atoms with Crippen LogP contribution in [0.4, 0.5) is 17.1 Å². The molecule has 5 heteroatoms. The van der Waals surface area contributed by atoms with Gasteiger partial charge in [-0.05, 0) is 88.6 Å². The fourth-order valence-electron chi connectivity index (χ4n) is 4.49. The molecule has 4 rings (SSSR count). The first kappa shape index (κ1) is 24.0. The molecule has 0 spiro atoms. The average Bonchev–Trinajstić information content (AvgIpc) is 2.83.